The maximum Gasteiger partial charge on any atom is 0.407 e. The molecule has 1 aliphatic rings. The van der Waals surface area contributed by atoms with Crippen molar-refractivity contribution < 1.29 is 17.9 Å². The predicted molar refractivity (Wildman–Crippen MR) is 84.5 cm³/mol. The fourth-order valence-electron chi connectivity index (χ4n) is 2.42. The maximum atomic E-state index is 13.3. The lowest BCUT2D eigenvalue weighted by Gasteiger charge is -2.22. The van der Waals surface area contributed by atoms with Gasteiger partial charge in [-0.1, -0.05) is 30.3 Å². The molecular weight excluding hydrogens is 317 g/mol. The zero-order valence-electron chi connectivity index (χ0n) is 13.1. The third-order valence-corrected chi connectivity index (χ3v) is 3.93. The molecule has 0 amide bonds. The smallest absolute Gasteiger partial charge is 0.407 e. The van der Waals surface area contributed by atoms with Gasteiger partial charge in [0.15, 0.2) is 0 Å². The van der Waals surface area contributed by atoms with Crippen LogP contribution >= 0.6 is 0 Å². The van der Waals surface area contributed by atoms with Gasteiger partial charge in [-0.25, -0.2) is 4.98 Å². The Kier molecular flexibility index (Phi) is 5.04. The minimum absolute atomic E-state index is 0.0847. The van der Waals surface area contributed by atoms with E-state index in [0.717, 1.165) is 0 Å². The number of rotatable bonds is 7. The Morgan fingerprint density at radius 2 is 1.92 bits per heavy atom. The highest BCUT2D eigenvalue weighted by Gasteiger charge is 2.40. The SMILES string of the molecule is FC(F)(F)[C@@H](NCc1ccnc(OCC2CC2)c1)c1ccccc1. The van der Waals surface area contributed by atoms with Crippen LogP contribution in [0.15, 0.2) is 48.7 Å². The monoisotopic (exact) mass is 336 g/mol. The first-order valence-corrected chi connectivity index (χ1v) is 7.95. The van der Waals surface area contributed by atoms with Gasteiger partial charge in [-0.3, -0.25) is 5.32 Å². The number of aromatic nitrogens is 1. The standard InChI is InChI=1S/C18H19F3N2O/c19-18(20,21)17(15-4-2-1-3-5-15)23-11-14-8-9-22-16(10-14)24-12-13-6-7-13/h1-5,8-10,13,17,23H,6-7,11-12H2/t17-/m0/s1. The van der Waals surface area contributed by atoms with Gasteiger partial charge >= 0.3 is 6.18 Å². The molecular formula is C18H19F3N2O. The molecule has 1 aromatic carbocycles. The first-order chi connectivity index (χ1) is 11.5. The minimum atomic E-state index is -4.36. The zero-order chi connectivity index (χ0) is 17.0. The molecule has 6 heteroatoms. The Hall–Kier alpha value is -2.08. The van der Waals surface area contributed by atoms with Crippen molar-refractivity contribution in [3.8, 4) is 5.88 Å². The number of alkyl halides is 3. The normalized spacial score (nSPS) is 16.0. The van der Waals surface area contributed by atoms with Crippen molar-refractivity contribution in [2.45, 2.75) is 31.6 Å². The van der Waals surface area contributed by atoms with E-state index in [1.807, 2.05) is 0 Å². The van der Waals surface area contributed by atoms with Crippen molar-refractivity contribution in [2.75, 3.05) is 6.61 Å². The molecule has 0 unspecified atom stereocenters. The molecule has 1 saturated carbocycles. The molecule has 3 rings (SSSR count). The summed E-state index contributed by atoms with van der Waals surface area (Å²) in [6.07, 6.45) is -0.457. The van der Waals surface area contributed by atoms with E-state index in [9.17, 15) is 13.2 Å². The zero-order valence-corrected chi connectivity index (χ0v) is 13.1. The van der Waals surface area contributed by atoms with E-state index in [1.165, 1.54) is 25.0 Å². The Labute approximate surface area is 138 Å². The summed E-state index contributed by atoms with van der Waals surface area (Å²) < 4.78 is 45.5. The quantitative estimate of drug-likeness (QED) is 0.820. The largest absolute Gasteiger partial charge is 0.477 e. The number of nitrogens with one attached hydrogen (secondary N) is 1. The molecule has 1 heterocycles. The summed E-state index contributed by atoms with van der Waals surface area (Å²) in [6, 6.07) is 9.52. The Bertz CT molecular complexity index is 657. The van der Waals surface area contributed by atoms with Crippen LogP contribution in [0.25, 0.3) is 0 Å². The lowest BCUT2D eigenvalue weighted by molar-refractivity contribution is -0.158. The number of halogens is 3. The van der Waals surface area contributed by atoms with E-state index in [1.54, 1.807) is 36.5 Å². The molecule has 1 aromatic heterocycles. The minimum Gasteiger partial charge on any atom is -0.477 e. The molecule has 128 valence electrons. The summed E-state index contributed by atoms with van der Waals surface area (Å²) in [5.74, 6) is 1.06. The van der Waals surface area contributed by atoms with Gasteiger partial charge in [0.25, 0.3) is 0 Å². The van der Waals surface area contributed by atoms with E-state index < -0.39 is 12.2 Å². The summed E-state index contributed by atoms with van der Waals surface area (Å²) in [5.41, 5.74) is 0.908. The van der Waals surface area contributed by atoms with Crippen molar-refractivity contribution in [3.05, 3.63) is 59.8 Å². The number of hydrogen-bond acceptors (Lipinski definition) is 3. The van der Waals surface area contributed by atoms with Crippen LogP contribution in [0.1, 0.15) is 30.0 Å². The third-order valence-electron chi connectivity index (χ3n) is 3.93. The van der Waals surface area contributed by atoms with Crippen molar-refractivity contribution in [3.63, 3.8) is 0 Å². The molecule has 1 N–H and O–H groups in total. The van der Waals surface area contributed by atoms with Crippen LogP contribution in [0.5, 0.6) is 5.88 Å². The van der Waals surface area contributed by atoms with Crippen LogP contribution in [-0.4, -0.2) is 17.8 Å². The van der Waals surface area contributed by atoms with Gasteiger partial charge in [0.05, 0.1) is 6.61 Å². The van der Waals surface area contributed by atoms with E-state index in [0.29, 0.717) is 24.0 Å². The van der Waals surface area contributed by atoms with Crippen molar-refractivity contribution in [1.29, 1.82) is 0 Å². The Morgan fingerprint density at radius 3 is 2.58 bits per heavy atom. The molecule has 1 aliphatic carbocycles. The first-order valence-electron chi connectivity index (χ1n) is 7.95. The highest BCUT2D eigenvalue weighted by Crippen LogP contribution is 2.33. The molecule has 0 bridgehead atoms. The Morgan fingerprint density at radius 1 is 1.17 bits per heavy atom. The molecule has 0 aliphatic heterocycles. The van der Waals surface area contributed by atoms with Crippen LogP contribution < -0.4 is 10.1 Å². The molecule has 0 spiro atoms. The maximum absolute atomic E-state index is 13.3. The van der Waals surface area contributed by atoms with Gasteiger partial charge in [0, 0.05) is 18.8 Å². The number of pyridine rings is 1. The first kappa shape index (κ1) is 16.8. The second kappa shape index (κ2) is 7.21. The Balaban J connectivity index is 1.64. The summed E-state index contributed by atoms with van der Waals surface area (Å²) in [6.45, 7) is 0.709. The second-order valence-corrected chi connectivity index (χ2v) is 6.02. The van der Waals surface area contributed by atoms with Crippen LogP contribution in [-0.2, 0) is 6.54 Å². The molecule has 0 saturated heterocycles. The van der Waals surface area contributed by atoms with Gasteiger partial charge in [-0.2, -0.15) is 13.2 Å². The fourth-order valence-corrected chi connectivity index (χ4v) is 2.42. The number of ether oxygens (including phenoxy) is 1. The molecule has 0 radical (unpaired) electrons. The topological polar surface area (TPSA) is 34.2 Å². The molecule has 24 heavy (non-hydrogen) atoms. The number of benzene rings is 1. The van der Waals surface area contributed by atoms with Gasteiger partial charge in [0.1, 0.15) is 6.04 Å². The lowest BCUT2D eigenvalue weighted by Crippen LogP contribution is -2.33. The third kappa shape index (κ3) is 4.71. The highest BCUT2D eigenvalue weighted by atomic mass is 19.4. The van der Waals surface area contributed by atoms with E-state index >= 15 is 0 Å². The van der Waals surface area contributed by atoms with E-state index in [4.69, 9.17) is 4.74 Å². The average Bonchev–Trinajstić information content (AvgIpc) is 3.38. The summed E-state index contributed by atoms with van der Waals surface area (Å²) in [4.78, 5) is 4.10. The number of hydrogen-bond donors (Lipinski definition) is 1. The van der Waals surface area contributed by atoms with Gasteiger partial charge in [-0.05, 0) is 36.0 Å². The van der Waals surface area contributed by atoms with Gasteiger partial charge in [-0.15, -0.1) is 0 Å². The van der Waals surface area contributed by atoms with Crippen LogP contribution in [0.2, 0.25) is 0 Å². The van der Waals surface area contributed by atoms with Crippen molar-refractivity contribution in [1.82, 2.24) is 10.3 Å². The van der Waals surface area contributed by atoms with Crippen molar-refractivity contribution >= 4 is 0 Å². The van der Waals surface area contributed by atoms with E-state index in [2.05, 4.69) is 10.3 Å². The lowest BCUT2D eigenvalue weighted by atomic mass is 10.1. The molecule has 2 aromatic rings. The summed E-state index contributed by atoms with van der Waals surface area (Å²) in [5, 5.41) is 2.59. The second-order valence-electron chi connectivity index (χ2n) is 6.02. The molecule has 1 atom stereocenters. The summed E-state index contributed by atoms with van der Waals surface area (Å²) in [7, 11) is 0. The predicted octanol–water partition coefficient (Wildman–Crippen LogP) is 4.26. The van der Waals surface area contributed by atoms with Crippen LogP contribution in [0.4, 0.5) is 13.2 Å². The van der Waals surface area contributed by atoms with Gasteiger partial charge in [0.2, 0.25) is 5.88 Å². The molecule has 1 fully saturated rings. The number of nitrogens with zero attached hydrogens (tertiary/aromatic N) is 1. The van der Waals surface area contributed by atoms with Crippen molar-refractivity contribution in [2.24, 2.45) is 5.92 Å². The molecule has 3 nitrogen and oxygen atoms in total. The average molecular weight is 336 g/mol. The van der Waals surface area contributed by atoms with Crippen LogP contribution in [0.3, 0.4) is 0 Å². The van der Waals surface area contributed by atoms with Gasteiger partial charge < -0.3 is 4.74 Å². The van der Waals surface area contributed by atoms with Crippen LogP contribution in [0, 0.1) is 5.92 Å². The highest BCUT2D eigenvalue weighted by molar-refractivity contribution is 5.23. The summed E-state index contributed by atoms with van der Waals surface area (Å²) >= 11 is 0. The van der Waals surface area contributed by atoms with E-state index in [-0.39, 0.29) is 12.1 Å². The fraction of sp³-hybridized carbons (Fsp3) is 0.389.